The molecular formula is C12H14O4. The van der Waals surface area contributed by atoms with Gasteiger partial charge in [-0.1, -0.05) is 30.3 Å². The Morgan fingerprint density at radius 2 is 1.75 bits per heavy atom. The standard InChI is InChI=1S/C12H14O4/c1-9(13)16-12(2,11(14)15-3)10-7-5-4-6-8-10/h4-8H,1-3H3/t12-/m1/s1. The number of benzene rings is 1. The lowest BCUT2D eigenvalue weighted by atomic mass is 9.96. The molecule has 0 aliphatic carbocycles. The van der Waals surface area contributed by atoms with Crippen LogP contribution in [0.2, 0.25) is 0 Å². The number of rotatable bonds is 3. The number of carbonyl (C=O) groups is 2. The van der Waals surface area contributed by atoms with Crippen molar-refractivity contribution in [3.8, 4) is 0 Å². The lowest BCUT2D eigenvalue weighted by molar-refractivity contribution is -0.179. The quantitative estimate of drug-likeness (QED) is 0.729. The van der Waals surface area contributed by atoms with Crippen molar-refractivity contribution >= 4 is 11.9 Å². The minimum absolute atomic E-state index is 0.531. The summed E-state index contributed by atoms with van der Waals surface area (Å²) in [6.45, 7) is 2.76. The molecule has 4 nitrogen and oxygen atoms in total. The van der Waals surface area contributed by atoms with Crippen molar-refractivity contribution in [2.45, 2.75) is 19.4 Å². The Hall–Kier alpha value is -1.84. The molecule has 1 rings (SSSR count). The predicted molar refractivity (Wildman–Crippen MR) is 57.6 cm³/mol. The molecule has 0 heterocycles. The van der Waals surface area contributed by atoms with Gasteiger partial charge >= 0.3 is 11.9 Å². The van der Waals surface area contributed by atoms with E-state index in [2.05, 4.69) is 4.74 Å². The first-order valence-corrected chi connectivity index (χ1v) is 4.84. The lowest BCUT2D eigenvalue weighted by Crippen LogP contribution is -2.38. The molecule has 0 N–H and O–H groups in total. The fourth-order valence-corrected chi connectivity index (χ4v) is 1.46. The van der Waals surface area contributed by atoms with E-state index in [1.807, 2.05) is 6.07 Å². The van der Waals surface area contributed by atoms with Crippen LogP contribution in [0.15, 0.2) is 30.3 Å². The SMILES string of the molecule is COC(=O)[C@](C)(OC(C)=O)c1ccccc1. The molecule has 0 unspecified atom stereocenters. The van der Waals surface area contributed by atoms with E-state index < -0.39 is 17.5 Å². The van der Waals surface area contributed by atoms with Crippen LogP contribution in [0.25, 0.3) is 0 Å². The molecule has 0 aliphatic heterocycles. The maximum Gasteiger partial charge on any atom is 0.354 e. The van der Waals surface area contributed by atoms with Gasteiger partial charge in [-0.15, -0.1) is 0 Å². The third kappa shape index (κ3) is 2.39. The Morgan fingerprint density at radius 1 is 1.19 bits per heavy atom. The number of hydrogen-bond donors (Lipinski definition) is 0. The first kappa shape index (κ1) is 12.2. The normalized spacial score (nSPS) is 13.7. The molecule has 1 aromatic carbocycles. The van der Waals surface area contributed by atoms with Gasteiger partial charge in [-0.05, 0) is 6.92 Å². The van der Waals surface area contributed by atoms with Crippen LogP contribution in [-0.4, -0.2) is 19.0 Å². The van der Waals surface area contributed by atoms with Crippen molar-refractivity contribution in [1.82, 2.24) is 0 Å². The predicted octanol–water partition coefficient (Wildman–Crippen LogP) is 1.64. The molecule has 0 saturated heterocycles. The molecular weight excluding hydrogens is 208 g/mol. The van der Waals surface area contributed by atoms with Crippen LogP contribution in [0.3, 0.4) is 0 Å². The second kappa shape index (κ2) is 4.79. The highest BCUT2D eigenvalue weighted by Crippen LogP contribution is 2.26. The van der Waals surface area contributed by atoms with Gasteiger partial charge in [0, 0.05) is 12.5 Å². The van der Waals surface area contributed by atoms with Gasteiger partial charge in [-0.25, -0.2) is 4.79 Å². The average molecular weight is 222 g/mol. The van der Waals surface area contributed by atoms with Gasteiger partial charge in [0.15, 0.2) is 0 Å². The van der Waals surface area contributed by atoms with Crippen LogP contribution in [0.4, 0.5) is 0 Å². The summed E-state index contributed by atoms with van der Waals surface area (Å²) in [7, 11) is 1.26. The highest BCUT2D eigenvalue weighted by Gasteiger charge is 2.39. The van der Waals surface area contributed by atoms with Crippen LogP contribution >= 0.6 is 0 Å². The van der Waals surface area contributed by atoms with Crippen LogP contribution in [0, 0.1) is 0 Å². The molecule has 0 radical (unpaired) electrons. The van der Waals surface area contributed by atoms with Gasteiger partial charge in [0.05, 0.1) is 7.11 Å². The summed E-state index contributed by atoms with van der Waals surface area (Å²) in [6.07, 6.45) is 0. The van der Waals surface area contributed by atoms with E-state index >= 15 is 0 Å². The smallest absolute Gasteiger partial charge is 0.354 e. The Labute approximate surface area is 94.2 Å². The summed E-state index contributed by atoms with van der Waals surface area (Å²) in [5.74, 6) is -1.13. The summed E-state index contributed by atoms with van der Waals surface area (Å²) in [5.41, 5.74) is -0.806. The summed E-state index contributed by atoms with van der Waals surface area (Å²) >= 11 is 0. The van der Waals surface area contributed by atoms with Gasteiger partial charge in [-0.2, -0.15) is 0 Å². The molecule has 0 amide bonds. The van der Waals surface area contributed by atoms with Crippen molar-refractivity contribution in [2.75, 3.05) is 7.11 Å². The van der Waals surface area contributed by atoms with E-state index in [0.717, 1.165) is 0 Å². The number of carbonyl (C=O) groups excluding carboxylic acids is 2. The summed E-state index contributed by atoms with van der Waals surface area (Å²) < 4.78 is 9.72. The van der Waals surface area contributed by atoms with Crippen molar-refractivity contribution < 1.29 is 19.1 Å². The van der Waals surface area contributed by atoms with Gasteiger partial charge < -0.3 is 9.47 Å². The molecule has 0 spiro atoms. The molecule has 1 aromatic rings. The Balaban J connectivity index is 3.14. The highest BCUT2D eigenvalue weighted by atomic mass is 16.6. The highest BCUT2D eigenvalue weighted by molar-refractivity contribution is 5.83. The lowest BCUT2D eigenvalue weighted by Gasteiger charge is -2.26. The third-order valence-electron chi connectivity index (χ3n) is 2.25. The number of esters is 2. The van der Waals surface area contributed by atoms with Gasteiger partial charge in [-0.3, -0.25) is 4.79 Å². The van der Waals surface area contributed by atoms with Crippen LogP contribution < -0.4 is 0 Å². The van der Waals surface area contributed by atoms with Crippen molar-refractivity contribution in [3.05, 3.63) is 35.9 Å². The van der Waals surface area contributed by atoms with E-state index in [-0.39, 0.29) is 0 Å². The Bertz CT molecular complexity index is 385. The second-order valence-corrected chi connectivity index (χ2v) is 3.48. The van der Waals surface area contributed by atoms with Gasteiger partial charge in [0.25, 0.3) is 0 Å². The molecule has 0 aliphatic rings. The van der Waals surface area contributed by atoms with Crippen molar-refractivity contribution in [1.29, 1.82) is 0 Å². The molecule has 0 fully saturated rings. The van der Waals surface area contributed by atoms with E-state index in [1.54, 1.807) is 24.3 Å². The van der Waals surface area contributed by atoms with E-state index in [4.69, 9.17) is 4.74 Å². The number of methoxy groups -OCH3 is 1. The summed E-state index contributed by atoms with van der Waals surface area (Å²) in [4.78, 5) is 22.7. The largest absolute Gasteiger partial charge is 0.466 e. The van der Waals surface area contributed by atoms with Gasteiger partial charge in [0.2, 0.25) is 5.60 Å². The molecule has 16 heavy (non-hydrogen) atoms. The van der Waals surface area contributed by atoms with E-state index in [9.17, 15) is 9.59 Å². The van der Waals surface area contributed by atoms with Crippen LogP contribution in [0.1, 0.15) is 19.4 Å². The first-order chi connectivity index (χ1) is 7.50. The Morgan fingerprint density at radius 3 is 2.19 bits per heavy atom. The maximum atomic E-state index is 11.7. The third-order valence-corrected chi connectivity index (χ3v) is 2.25. The molecule has 0 bridgehead atoms. The maximum absolute atomic E-state index is 11.7. The Kier molecular flexibility index (Phi) is 3.66. The van der Waals surface area contributed by atoms with E-state index in [1.165, 1.54) is 21.0 Å². The summed E-state index contributed by atoms with van der Waals surface area (Å²) in [6, 6.07) is 8.76. The zero-order valence-corrected chi connectivity index (χ0v) is 9.52. The monoisotopic (exact) mass is 222 g/mol. The fourth-order valence-electron chi connectivity index (χ4n) is 1.46. The zero-order chi connectivity index (χ0) is 12.2. The van der Waals surface area contributed by atoms with Crippen LogP contribution in [-0.2, 0) is 24.7 Å². The fraction of sp³-hybridized carbons (Fsp3) is 0.333. The first-order valence-electron chi connectivity index (χ1n) is 4.84. The average Bonchev–Trinajstić information content (AvgIpc) is 2.28. The summed E-state index contributed by atoms with van der Waals surface area (Å²) in [5, 5.41) is 0. The van der Waals surface area contributed by atoms with Crippen LogP contribution in [0.5, 0.6) is 0 Å². The van der Waals surface area contributed by atoms with Crippen molar-refractivity contribution in [2.24, 2.45) is 0 Å². The second-order valence-electron chi connectivity index (χ2n) is 3.48. The van der Waals surface area contributed by atoms with E-state index in [0.29, 0.717) is 5.56 Å². The van der Waals surface area contributed by atoms with Gasteiger partial charge in [0.1, 0.15) is 0 Å². The number of ether oxygens (including phenoxy) is 2. The molecule has 4 heteroatoms. The topological polar surface area (TPSA) is 52.6 Å². The van der Waals surface area contributed by atoms with Crippen molar-refractivity contribution in [3.63, 3.8) is 0 Å². The minimum Gasteiger partial charge on any atom is -0.466 e. The molecule has 0 saturated carbocycles. The minimum atomic E-state index is -1.39. The molecule has 1 atom stereocenters. The molecule has 0 aromatic heterocycles. The zero-order valence-electron chi connectivity index (χ0n) is 9.52. The molecule has 86 valence electrons. The number of hydrogen-bond acceptors (Lipinski definition) is 4.